The Hall–Kier alpha value is -6.03. The van der Waals surface area contributed by atoms with Crippen molar-refractivity contribution in [1.29, 1.82) is 0 Å². The average molecular weight is 1330 g/mol. The van der Waals surface area contributed by atoms with Gasteiger partial charge >= 0.3 is 33.4 Å². The third kappa shape index (κ3) is 19.9. The molecule has 0 spiro atoms. The molecule has 2 aromatic carbocycles. The van der Waals surface area contributed by atoms with Crippen LogP contribution < -0.4 is 10.6 Å². The normalized spacial score (nSPS) is 25.4. The fraction of sp³-hybridized carbons (Fsp3) is 0.676. The number of hydrogen-bond donors (Lipinski definition) is 6. The second kappa shape index (κ2) is 32.1. The minimum atomic E-state index is -2.79. The van der Waals surface area contributed by atoms with E-state index in [-0.39, 0.29) is 86.5 Å². The second-order valence-electron chi connectivity index (χ2n) is 29.6. The second-order valence-corrected chi connectivity index (χ2v) is 29.6. The van der Waals surface area contributed by atoms with Crippen LogP contribution in [0, 0.1) is 36.3 Å². The number of nitrogens with zero attached hydrogens (tertiary/aromatic N) is 8. The molecule has 3 saturated carbocycles. The molecule has 5 aliphatic heterocycles. The van der Waals surface area contributed by atoms with Crippen LogP contribution in [0.1, 0.15) is 138 Å². The first-order valence-corrected chi connectivity index (χ1v) is 33.7. The van der Waals surface area contributed by atoms with Crippen LogP contribution in [0.15, 0.2) is 84.2 Å². The minimum Gasteiger partial charge on any atom is -0.427 e. The molecule has 27 heteroatoms. The quantitative estimate of drug-likeness (QED) is 0.0318. The van der Waals surface area contributed by atoms with Gasteiger partial charge in [0, 0.05) is 89.4 Å². The summed E-state index contributed by atoms with van der Waals surface area (Å²) >= 11 is 0. The van der Waals surface area contributed by atoms with Crippen molar-refractivity contribution in [2.75, 3.05) is 66.5 Å². The van der Waals surface area contributed by atoms with E-state index in [1.54, 1.807) is 66.3 Å². The summed E-state index contributed by atoms with van der Waals surface area (Å²) in [6, 6.07) is 17.7. The van der Waals surface area contributed by atoms with Crippen LogP contribution in [0.25, 0.3) is 9.69 Å². The first kappa shape index (κ1) is 76.3. The van der Waals surface area contributed by atoms with Crippen LogP contribution in [-0.4, -0.2) is 220 Å². The van der Waals surface area contributed by atoms with E-state index in [2.05, 4.69) is 41.1 Å². The molecule has 3 aliphatic carbocycles. The first-order chi connectivity index (χ1) is 44.5. The van der Waals surface area contributed by atoms with E-state index in [0.29, 0.717) is 56.4 Å². The zero-order valence-corrected chi connectivity index (χ0v) is 57.5. The van der Waals surface area contributed by atoms with E-state index >= 15 is 0 Å². The molecule has 0 unspecified atom stereocenters. The number of alkyl halides is 4. The van der Waals surface area contributed by atoms with Gasteiger partial charge in [-0.3, -0.25) is 19.4 Å². The number of carbonyl (C=O) groups is 4. The zero-order valence-electron chi connectivity index (χ0n) is 57.5. The van der Waals surface area contributed by atoms with Gasteiger partial charge < -0.3 is 59.6 Å². The largest absolute Gasteiger partial charge is 0.482 e. The van der Waals surface area contributed by atoms with Gasteiger partial charge in [0.25, 0.3) is 23.7 Å². The molecule has 0 aromatic heterocycles. The van der Waals surface area contributed by atoms with Gasteiger partial charge in [-0.05, 0) is 139 Å². The van der Waals surface area contributed by atoms with Gasteiger partial charge in [0.05, 0.1) is 49.8 Å². The van der Waals surface area contributed by atoms with Gasteiger partial charge in [0.2, 0.25) is 11.4 Å². The van der Waals surface area contributed by atoms with Crippen LogP contribution in [-0.2, 0) is 31.7 Å². The van der Waals surface area contributed by atoms with Crippen LogP contribution in [0.4, 0.5) is 27.2 Å². The molecule has 95 heavy (non-hydrogen) atoms. The smallest absolute Gasteiger partial charge is 0.427 e. The average Bonchev–Trinajstić information content (AvgIpc) is 1.66. The van der Waals surface area contributed by atoms with E-state index < -0.39 is 92.7 Å². The Bertz CT molecular complexity index is 3080. The lowest BCUT2D eigenvalue weighted by atomic mass is 9.43. The van der Waals surface area contributed by atoms with Crippen LogP contribution in [0.2, 0.25) is 6.32 Å². The van der Waals surface area contributed by atoms with Gasteiger partial charge in [-0.15, -0.1) is 0 Å². The summed E-state index contributed by atoms with van der Waals surface area (Å²) in [5.74, 6) is -6.43. The molecule has 2 aromatic rings. The number of likely N-dealkylation sites (tertiary alicyclic amines) is 4. The molecule has 5 saturated heterocycles. The third-order valence-electron chi connectivity index (χ3n) is 20.6. The van der Waals surface area contributed by atoms with Gasteiger partial charge in [-0.1, -0.05) is 101 Å². The molecule has 8 atom stereocenters. The minimum absolute atomic E-state index is 0.0133. The van der Waals surface area contributed by atoms with Crippen LogP contribution in [0.3, 0.4) is 0 Å². The molecule has 6 N–H and O–H groups in total. The van der Waals surface area contributed by atoms with Crippen LogP contribution in [0.5, 0.6) is 0 Å². The lowest BCUT2D eigenvalue weighted by Gasteiger charge is -2.64. The molecule has 5 heterocycles. The molecule has 10 rings (SSSR count). The Morgan fingerprint density at radius 3 is 1.55 bits per heavy atom. The Kier molecular flexibility index (Phi) is 25.8. The predicted molar refractivity (Wildman–Crippen MR) is 359 cm³/mol. The van der Waals surface area contributed by atoms with Gasteiger partial charge in [0.15, 0.2) is 0 Å². The van der Waals surface area contributed by atoms with Crippen molar-refractivity contribution in [1.82, 2.24) is 40.0 Å². The van der Waals surface area contributed by atoms with Crippen LogP contribution >= 0.6 is 0 Å². The lowest BCUT2D eigenvalue weighted by Crippen LogP contribution is -2.65. The summed E-state index contributed by atoms with van der Waals surface area (Å²) in [5, 5.41) is 42.1. The van der Waals surface area contributed by atoms with Crippen molar-refractivity contribution in [3.63, 3.8) is 0 Å². The summed E-state index contributed by atoms with van der Waals surface area (Å²) in [6.45, 7) is 34.1. The summed E-state index contributed by atoms with van der Waals surface area (Å²) in [6.07, 6.45) is 10.4. The van der Waals surface area contributed by atoms with E-state index in [1.165, 1.54) is 17.1 Å². The van der Waals surface area contributed by atoms with Crippen molar-refractivity contribution in [3.05, 3.63) is 118 Å². The number of rotatable bonds is 20. The Morgan fingerprint density at radius 1 is 0.705 bits per heavy atom. The number of halogens is 4. The van der Waals surface area contributed by atoms with Gasteiger partial charge in [-0.2, -0.15) is 0 Å². The highest BCUT2D eigenvalue weighted by atomic mass is 19.3. The summed E-state index contributed by atoms with van der Waals surface area (Å²) in [4.78, 5) is 70.6. The monoisotopic (exact) mass is 1330 g/mol. The van der Waals surface area contributed by atoms with Crippen molar-refractivity contribution in [3.8, 4) is 0 Å². The molecule has 0 radical (unpaired) electrons. The SMILES string of the molecule is CC(C)CB(O)O.[C-]#[N+]C(=CC(C)(C)N1CCC(F)(F)C1)C(=O)N1CCCC[C@@H]1CN(C)C(=O)N[C@@H](Cc1ccccc1)B(O)O.[C-]#[N+]C(=CC(C)(C)N1CCC(F)(F)C1)C(=O)N1CCCC[C@@H]1CN(C)C(=O)N[C@@H](Cc1ccccc1)B1O[C@@H]2C[C@@H]3C[C@@H](C3(C)C)[C@]2(C)O1. The Balaban J connectivity index is 0.000000249. The third-order valence-corrected chi connectivity index (χ3v) is 20.6. The number of carbonyl (C=O) groups excluding carboxylic acids is 4. The number of amides is 6. The van der Waals surface area contributed by atoms with Gasteiger partial charge in [0.1, 0.15) is 0 Å². The van der Waals surface area contributed by atoms with E-state index in [0.717, 1.165) is 49.7 Å². The lowest BCUT2D eigenvalue weighted by molar-refractivity contribution is -0.199. The maximum absolute atomic E-state index is 14.0. The number of hydrogen-bond acceptors (Lipinski definition) is 12. The molecule has 8 aliphatic rings. The van der Waals surface area contributed by atoms with E-state index in [9.17, 15) is 46.8 Å². The van der Waals surface area contributed by atoms with Crippen molar-refractivity contribution in [2.24, 2.45) is 23.2 Å². The molecule has 2 bridgehead atoms. The fourth-order valence-electron chi connectivity index (χ4n) is 14.8. The Labute approximate surface area is 561 Å². The summed E-state index contributed by atoms with van der Waals surface area (Å²) in [5.41, 5.74) is -0.301. The predicted octanol–water partition coefficient (Wildman–Crippen LogP) is 8.48. The first-order valence-electron chi connectivity index (χ1n) is 33.7. The number of benzene rings is 2. The highest BCUT2D eigenvalue weighted by Gasteiger charge is 2.68. The van der Waals surface area contributed by atoms with E-state index in [4.69, 9.17) is 32.5 Å². The summed E-state index contributed by atoms with van der Waals surface area (Å²) < 4.78 is 69.0. The molecular weight excluding hydrogens is 1230 g/mol. The number of likely N-dealkylation sites (N-methyl/N-ethyl adjacent to an activating group) is 2. The number of urea groups is 2. The van der Waals surface area contributed by atoms with Gasteiger partial charge in [-0.25, -0.2) is 36.8 Å². The maximum Gasteiger partial charge on any atom is 0.482 e. The highest BCUT2D eigenvalue weighted by molar-refractivity contribution is 6.48. The Morgan fingerprint density at radius 2 is 1.16 bits per heavy atom. The molecular formula is C68H101B3F4N10O10. The van der Waals surface area contributed by atoms with Crippen molar-refractivity contribution in [2.45, 2.75) is 204 Å². The highest BCUT2D eigenvalue weighted by Crippen LogP contribution is 2.66. The number of nitrogens with one attached hydrogen (secondary N) is 2. The summed E-state index contributed by atoms with van der Waals surface area (Å²) in [7, 11) is -0.192. The van der Waals surface area contributed by atoms with Crippen molar-refractivity contribution < 1.29 is 66.1 Å². The topological polar surface area (TPSA) is 220 Å². The number of piperidine rings is 2. The molecule has 6 amide bonds. The standard InChI is InChI=1S/C37H52BF2N5O4.C27H38BF2N5O4.C4H11BO2/c1-34(2,44-18-16-37(39,40)24-44)22-28(41-6)32(46)45-17-12-11-15-27(45)23-43(7)33(47)42-31(19-25-13-9-8-10-14-25)38-48-30-21-26-20-29(35(26,3)4)36(30,5)49-38;1-26(2,34-15-13-27(29,30)19-34)17-22(31-3)24(36)35-14-9-8-12-21(35)18-33(4)25(37)32-23(28(38)39)16-20-10-6-5-7-11-20;1-4(2)3-5(6)7/h8-10,13-14,22,26-27,29-31H,11-12,15-21,23-24H2,1-5,7H3,(H,42,47);5-7,10-11,17,21,23,38-39H,8-9,12-16,18-19H2,1-2,4H3,(H,32,37);4,6-7H,3H2,1-2H3/t26-,27+,29-,30+,31-,36-;21-,23+;/m01./s1. The molecule has 8 fully saturated rings. The molecule has 520 valence electrons. The fourth-order valence-corrected chi connectivity index (χ4v) is 14.8. The zero-order chi connectivity index (χ0) is 70.0. The molecule has 20 nitrogen and oxygen atoms in total. The van der Waals surface area contributed by atoms with E-state index in [1.807, 2.05) is 74.5 Å². The van der Waals surface area contributed by atoms with Crippen molar-refractivity contribution >= 4 is 45.2 Å². The maximum atomic E-state index is 14.0.